The SMILES string of the molecule is O=C(O)[C@@H]1CS[C@@H]([C@H](O)[C@@H](O)[C@@H](O)[C@@H](O)C(=O)O)N1. The lowest BCUT2D eigenvalue weighted by Gasteiger charge is -2.28. The van der Waals surface area contributed by atoms with Crippen molar-refractivity contribution in [3.8, 4) is 0 Å². The van der Waals surface area contributed by atoms with Crippen molar-refractivity contribution in [1.29, 1.82) is 0 Å². The molecule has 0 unspecified atom stereocenters. The molecule has 0 bridgehead atoms. The molecule has 1 fully saturated rings. The van der Waals surface area contributed by atoms with Gasteiger partial charge in [0.15, 0.2) is 6.10 Å². The first-order valence-corrected chi connectivity index (χ1v) is 6.36. The lowest BCUT2D eigenvalue weighted by molar-refractivity contribution is -0.162. The molecule has 0 saturated carbocycles. The van der Waals surface area contributed by atoms with E-state index in [0.717, 1.165) is 11.8 Å². The Morgan fingerprint density at radius 3 is 2.11 bits per heavy atom. The fraction of sp³-hybridized carbons (Fsp3) is 0.778. The summed E-state index contributed by atoms with van der Waals surface area (Å²) < 4.78 is 0. The number of aliphatic hydroxyl groups excluding tert-OH is 4. The summed E-state index contributed by atoms with van der Waals surface area (Å²) in [4.78, 5) is 21.1. The van der Waals surface area contributed by atoms with E-state index < -0.39 is 47.8 Å². The van der Waals surface area contributed by atoms with Gasteiger partial charge in [0.1, 0.15) is 24.4 Å². The Kier molecular flexibility index (Phi) is 5.52. The molecule has 9 nitrogen and oxygen atoms in total. The molecule has 0 spiro atoms. The lowest BCUT2D eigenvalue weighted by Crippen LogP contribution is -2.53. The van der Waals surface area contributed by atoms with Crippen LogP contribution in [0.3, 0.4) is 0 Å². The zero-order chi connectivity index (χ0) is 14.7. The average molecular weight is 297 g/mol. The monoisotopic (exact) mass is 297 g/mol. The Labute approximate surface area is 111 Å². The maximum absolute atomic E-state index is 10.7. The molecule has 1 saturated heterocycles. The second-order valence-corrected chi connectivity index (χ2v) is 5.24. The Balaban J connectivity index is 2.60. The van der Waals surface area contributed by atoms with Crippen molar-refractivity contribution in [2.45, 2.75) is 35.8 Å². The number of aliphatic hydroxyl groups is 4. The standard InChI is InChI=1S/C9H15NO8S/c11-3(4(12)6(14)9(17)18)5(13)7-10-2(1-19-7)8(15)16/h2-7,10-14H,1H2,(H,15,16)(H,17,18)/t2-,3-,4+,5+,6+,7-/m0/s1. The van der Waals surface area contributed by atoms with E-state index in [4.69, 9.17) is 15.3 Å². The van der Waals surface area contributed by atoms with Crippen molar-refractivity contribution in [1.82, 2.24) is 5.32 Å². The molecular formula is C9H15NO8S. The Morgan fingerprint density at radius 1 is 1.11 bits per heavy atom. The highest BCUT2D eigenvalue weighted by Gasteiger charge is 2.41. The van der Waals surface area contributed by atoms with E-state index in [1.165, 1.54) is 0 Å². The summed E-state index contributed by atoms with van der Waals surface area (Å²) in [6, 6.07) is -0.904. The molecule has 1 rings (SSSR count). The summed E-state index contributed by atoms with van der Waals surface area (Å²) in [5, 5.41) is 56.5. The van der Waals surface area contributed by atoms with Gasteiger partial charge < -0.3 is 30.6 Å². The molecule has 0 aromatic rings. The number of carboxylic acid groups (broad SMARTS) is 2. The minimum atomic E-state index is -2.24. The van der Waals surface area contributed by atoms with Crippen LogP contribution in [0, 0.1) is 0 Å². The summed E-state index contributed by atoms with van der Waals surface area (Å²) in [6.07, 6.45) is -7.88. The summed E-state index contributed by atoms with van der Waals surface area (Å²) in [7, 11) is 0. The topological polar surface area (TPSA) is 168 Å². The largest absolute Gasteiger partial charge is 0.480 e. The van der Waals surface area contributed by atoms with Crippen molar-refractivity contribution >= 4 is 23.7 Å². The van der Waals surface area contributed by atoms with Crippen LogP contribution >= 0.6 is 11.8 Å². The Morgan fingerprint density at radius 2 is 1.68 bits per heavy atom. The Hall–Kier alpha value is -0.910. The number of aliphatic carboxylic acids is 2. The van der Waals surface area contributed by atoms with Crippen LogP contribution in [-0.2, 0) is 9.59 Å². The molecule has 10 heteroatoms. The van der Waals surface area contributed by atoms with Gasteiger partial charge >= 0.3 is 11.9 Å². The highest BCUT2D eigenvalue weighted by molar-refractivity contribution is 8.00. The minimum absolute atomic E-state index is 0.154. The molecule has 0 radical (unpaired) electrons. The van der Waals surface area contributed by atoms with Crippen molar-refractivity contribution in [2.24, 2.45) is 0 Å². The Bertz CT molecular complexity index is 353. The highest BCUT2D eigenvalue weighted by atomic mass is 32.2. The van der Waals surface area contributed by atoms with Gasteiger partial charge in [-0.1, -0.05) is 0 Å². The van der Waals surface area contributed by atoms with Crippen molar-refractivity contribution in [3.05, 3.63) is 0 Å². The van der Waals surface area contributed by atoms with Crippen LogP contribution in [-0.4, -0.2) is 84.2 Å². The zero-order valence-corrected chi connectivity index (χ0v) is 10.4. The number of hydrogen-bond acceptors (Lipinski definition) is 8. The van der Waals surface area contributed by atoms with E-state index in [1.54, 1.807) is 0 Å². The van der Waals surface area contributed by atoms with Gasteiger partial charge in [0.05, 0.1) is 5.37 Å². The summed E-state index contributed by atoms with van der Waals surface area (Å²) >= 11 is 1.01. The fourth-order valence-electron chi connectivity index (χ4n) is 1.55. The van der Waals surface area contributed by atoms with Gasteiger partial charge in [-0.15, -0.1) is 11.8 Å². The van der Waals surface area contributed by atoms with Crippen LogP contribution in [0.15, 0.2) is 0 Å². The van der Waals surface area contributed by atoms with Crippen LogP contribution in [0.5, 0.6) is 0 Å². The van der Waals surface area contributed by atoms with Gasteiger partial charge in [-0.2, -0.15) is 0 Å². The van der Waals surface area contributed by atoms with Gasteiger partial charge in [0, 0.05) is 5.75 Å². The molecule has 0 aromatic carbocycles. The quantitative estimate of drug-likeness (QED) is 0.263. The third-order valence-electron chi connectivity index (χ3n) is 2.69. The number of hydrogen-bond donors (Lipinski definition) is 7. The third-order valence-corrected chi connectivity index (χ3v) is 3.99. The fourth-order valence-corrected chi connectivity index (χ4v) is 2.81. The predicted molar refractivity (Wildman–Crippen MR) is 62.5 cm³/mol. The maximum atomic E-state index is 10.7. The van der Waals surface area contributed by atoms with E-state index in [0.29, 0.717) is 0 Å². The van der Waals surface area contributed by atoms with E-state index in [1.807, 2.05) is 0 Å². The smallest absolute Gasteiger partial charge is 0.335 e. The van der Waals surface area contributed by atoms with Gasteiger partial charge in [0.25, 0.3) is 0 Å². The number of thioether (sulfide) groups is 1. The molecule has 1 aliphatic rings. The van der Waals surface area contributed by atoms with Crippen LogP contribution < -0.4 is 5.32 Å². The number of carbonyl (C=O) groups is 2. The van der Waals surface area contributed by atoms with E-state index in [9.17, 15) is 24.9 Å². The lowest BCUT2D eigenvalue weighted by atomic mass is 10.0. The zero-order valence-electron chi connectivity index (χ0n) is 9.58. The molecule has 0 aromatic heterocycles. The third kappa shape index (κ3) is 3.78. The summed E-state index contributed by atoms with van der Waals surface area (Å²) in [5.41, 5.74) is 0. The van der Waals surface area contributed by atoms with Crippen molar-refractivity contribution in [3.63, 3.8) is 0 Å². The molecule has 0 aliphatic carbocycles. The second kappa shape index (κ2) is 6.50. The number of rotatable bonds is 6. The van der Waals surface area contributed by atoms with Crippen LogP contribution in [0.2, 0.25) is 0 Å². The molecule has 19 heavy (non-hydrogen) atoms. The van der Waals surface area contributed by atoms with E-state index >= 15 is 0 Å². The number of nitrogens with one attached hydrogen (secondary N) is 1. The van der Waals surface area contributed by atoms with Crippen LogP contribution in [0.1, 0.15) is 0 Å². The highest BCUT2D eigenvalue weighted by Crippen LogP contribution is 2.24. The minimum Gasteiger partial charge on any atom is -0.480 e. The van der Waals surface area contributed by atoms with Crippen LogP contribution in [0.25, 0.3) is 0 Å². The van der Waals surface area contributed by atoms with Crippen molar-refractivity contribution < 1.29 is 40.2 Å². The van der Waals surface area contributed by atoms with E-state index in [2.05, 4.69) is 5.32 Å². The van der Waals surface area contributed by atoms with Crippen molar-refractivity contribution in [2.75, 3.05) is 5.75 Å². The molecule has 110 valence electrons. The van der Waals surface area contributed by atoms with Gasteiger partial charge in [-0.3, -0.25) is 10.1 Å². The first kappa shape index (κ1) is 16.1. The maximum Gasteiger partial charge on any atom is 0.335 e. The van der Waals surface area contributed by atoms with Gasteiger partial charge in [-0.25, -0.2) is 4.79 Å². The molecule has 6 atom stereocenters. The number of carboxylic acids is 2. The van der Waals surface area contributed by atoms with Gasteiger partial charge in [-0.05, 0) is 0 Å². The summed E-state index contributed by atoms with van der Waals surface area (Å²) in [6.45, 7) is 0. The molecule has 0 amide bonds. The second-order valence-electron chi connectivity index (χ2n) is 4.07. The van der Waals surface area contributed by atoms with Crippen LogP contribution in [0.4, 0.5) is 0 Å². The predicted octanol–water partition coefficient (Wildman–Crippen LogP) is -3.37. The average Bonchev–Trinajstić information content (AvgIpc) is 2.84. The first-order valence-electron chi connectivity index (χ1n) is 5.31. The first-order chi connectivity index (χ1) is 8.75. The van der Waals surface area contributed by atoms with E-state index in [-0.39, 0.29) is 5.75 Å². The molecule has 1 heterocycles. The normalized spacial score (nSPS) is 29.5. The van der Waals surface area contributed by atoms with Gasteiger partial charge in [0.2, 0.25) is 0 Å². The molecular weight excluding hydrogens is 282 g/mol. The molecule has 7 N–H and O–H groups in total. The molecule has 1 aliphatic heterocycles. The summed E-state index contributed by atoms with van der Waals surface area (Å²) in [5.74, 6) is -2.71.